The Hall–Kier alpha value is -1.63. The van der Waals surface area contributed by atoms with Gasteiger partial charge in [-0.05, 0) is 25.2 Å². The van der Waals surface area contributed by atoms with Crippen LogP contribution < -0.4 is 0 Å². The van der Waals surface area contributed by atoms with Gasteiger partial charge in [-0.2, -0.15) is 13.2 Å². The zero-order valence-corrected chi connectivity index (χ0v) is 10.2. The minimum atomic E-state index is -4.29. The Morgan fingerprint density at radius 2 is 2.00 bits per heavy atom. The van der Waals surface area contributed by atoms with Gasteiger partial charge in [-0.1, -0.05) is 0 Å². The van der Waals surface area contributed by atoms with Crippen LogP contribution in [-0.4, -0.2) is 42.1 Å². The molecule has 0 heterocycles. The molecule has 1 rings (SSSR count). The largest absolute Gasteiger partial charge is 0.507 e. The molecule has 3 nitrogen and oxygen atoms in total. The second-order valence-electron chi connectivity index (χ2n) is 4.19. The molecule has 1 aromatic carbocycles. The second-order valence-corrected chi connectivity index (χ2v) is 4.19. The molecule has 1 N–H and O–H groups in total. The number of aromatic hydroxyl groups is 1. The Kier molecular flexibility index (Phi) is 4.88. The molecule has 1 aromatic rings. The molecule has 0 aliphatic heterocycles. The van der Waals surface area contributed by atoms with E-state index in [1.54, 1.807) is 0 Å². The molecular weight excluding hydrogens is 266 g/mol. The van der Waals surface area contributed by atoms with Crippen molar-refractivity contribution in [2.24, 2.45) is 0 Å². The fourth-order valence-electron chi connectivity index (χ4n) is 1.46. The lowest BCUT2D eigenvalue weighted by Crippen LogP contribution is -2.29. The van der Waals surface area contributed by atoms with E-state index in [1.165, 1.54) is 11.9 Å². The van der Waals surface area contributed by atoms with E-state index in [2.05, 4.69) is 0 Å². The molecule has 0 saturated heterocycles. The molecular formula is C12H13F4NO2. The van der Waals surface area contributed by atoms with Crippen LogP contribution in [0.1, 0.15) is 16.8 Å². The summed E-state index contributed by atoms with van der Waals surface area (Å²) in [6.07, 6.45) is -5.33. The number of carbonyl (C=O) groups excluding carboxylic acids is 1. The van der Waals surface area contributed by atoms with E-state index < -0.39 is 29.9 Å². The zero-order chi connectivity index (χ0) is 14.6. The Bertz CT molecular complexity index is 460. The molecule has 0 bridgehead atoms. The van der Waals surface area contributed by atoms with E-state index in [0.717, 1.165) is 18.2 Å². The first-order chi connectivity index (χ1) is 8.69. The average Bonchev–Trinajstić information content (AvgIpc) is 2.28. The van der Waals surface area contributed by atoms with Gasteiger partial charge in [0.1, 0.15) is 11.6 Å². The maximum Gasteiger partial charge on any atom is 0.390 e. The predicted molar refractivity (Wildman–Crippen MR) is 60.6 cm³/mol. The van der Waals surface area contributed by atoms with Crippen LogP contribution in [0, 0.1) is 5.82 Å². The highest BCUT2D eigenvalue weighted by Crippen LogP contribution is 2.21. The van der Waals surface area contributed by atoms with E-state index >= 15 is 0 Å². The predicted octanol–water partition coefficient (Wildman–Crippen LogP) is 2.60. The number of alkyl halides is 3. The summed E-state index contributed by atoms with van der Waals surface area (Å²) in [6.45, 7) is -0.668. The van der Waals surface area contributed by atoms with Gasteiger partial charge in [0.15, 0.2) is 5.78 Å². The van der Waals surface area contributed by atoms with E-state index in [9.17, 15) is 27.5 Å². The minimum Gasteiger partial charge on any atom is -0.507 e. The highest BCUT2D eigenvalue weighted by Gasteiger charge is 2.27. The summed E-state index contributed by atoms with van der Waals surface area (Å²) in [7, 11) is 1.35. The first-order valence-corrected chi connectivity index (χ1v) is 5.46. The fraction of sp³-hybridized carbons (Fsp3) is 0.417. The van der Waals surface area contributed by atoms with Gasteiger partial charge >= 0.3 is 6.18 Å². The lowest BCUT2D eigenvalue weighted by atomic mass is 10.1. The molecule has 0 unspecified atom stereocenters. The van der Waals surface area contributed by atoms with Crippen LogP contribution in [0.25, 0.3) is 0 Å². The molecule has 0 fully saturated rings. The number of Topliss-reactive ketones (excluding diaryl/α,β-unsaturated/α-hetero) is 1. The first-order valence-electron chi connectivity index (χ1n) is 5.46. The van der Waals surface area contributed by atoms with Crippen LogP contribution in [0.5, 0.6) is 5.75 Å². The Morgan fingerprint density at radius 3 is 2.58 bits per heavy atom. The van der Waals surface area contributed by atoms with Gasteiger partial charge in [-0.3, -0.25) is 9.69 Å². The van der Waals surface area contributed by atoms with Crippen molar-refractivity contribution in [3.8, 4) is 5.75 Å². The van der Waals surface area contributed by atoms with Crippen molar-refractivity contribution in [3.63, 3.8) is 0 Å². The molecule has 0 atom stereocenters. The van der Waals surface area contributed by atoms with Gasteiger partial charge in [-0.15, -0.1) is 0 Å². The van der Waals surface area contributed by atoms with Crippen LogP contribution in [-0.2, 0) is 0 Å². The number of hydrogen-bond acceptors (Lipinski definition) is 3. The monoisotopic (exact) mass is 279 g/mol. The smallest absolute Gasteiger partial charge is 0.390 e. The summed E-state index contributed by atoms with van der Waals surface area (Å²) < 4.78 is 48.9. The maximum absolute atomic E-state index is 12.9. The third-order valence-corrected chi connectivity index (χ3v) is 2.45. The van der Waals surface area contributed by atoms with Crippen LogP contribution in [0.4, 0.5) is 17.6 Å². The Labute approximate surface area is 107 Å². The average molecular weight is 279 g/mol. The number of hydrogen-bond donors (Lipinski definition) is 1. The van der Waals surface area contributed by atoms with E-state index in [-0.39, 0.29) is 18.7 Å². The molecule has 0 aliphatic rings. The third kappa shape index (κ3) is 5.25. The summed E-state index contributed by atoms with van der Waals surface area (Å²) >= 11 is 0. The quantitative estimate of drug-likeness (QED) is 0.665. The van der Waals surface area contributed by atoms with Crippen molar-refractivity contribution in [2.45, 2.75) is 12.6 Å². The van der Waals surface area contributed by atoms with Crippen molar-refractivity contribution in [2.75, 3.05) is 20.1 Å². The SMILES string of the molecule is CN(CCC(F)(F)F)CC(=O)c1cc(F)ccc1O. The summed E-state index contributed by atoms with van der Waals surface area (Å²) in [5.41, 5.74) is -0.237. The van der Waals surface area contributed by atoms with Gasteiger partial charge in [0, 0.05) is 6.54 Å². The molecule has 19 heavy (non-hydrogen) atoms. The van der Waals surface area contributed by atoms with E-state index in [4.69, 9.17) is 0 Å². The number of phenolic OH excluding ortho intramolecular Hbond substituents is 1. The molecule has 0 radical (unpaired) electrons. The van der Waals surface area contributed by atoms with Gasteiger partial charge < -0.3 is 5.11 Å². The highest BCUT2D eigenvalue weighted by atomic mass is 19.4. The molecule has 0 spiro atoms. The van der Waals surface area contributed by atoms with Crippen molar-refractivity contribution in [1.82, 2.24) is 4.90 Å². The standard InChI is InChI=1S/C12H13F4NO2/c1-17(5-4-12(14,15)16)7-11(19)9-6-8(13)2-3-10(9)18/h2-3,6,18H,4-5,7H2,1H3. The van der Waals surface area contributed by atoms with E-state index in [0.29, 0.717) is 0 Å². The van der Waals surface area contributed by atoms with Gasteiger partial charge in [0.05, 0.1) is 18.5 Å². The van der Waals surface area contributed by atoms with Crippen molar-refractivity contribution < 1.29 is 27.5 Å². The van der Waals surface area contributed by atoms with Crippen LogP contribution >= 0.6 is 0 Å². The number of phenols is 1. The number of likely N-dealkylation sites (N-methyl/N-ethyl adjacent to an activating group) is 1. The summed E-state index contributed by atoms with van der Waals surface area (Å²) in [4.78, 5) is 12.9. The van der Waals surface area contributed by atoms with E-state index in [1.807, 2.05) is 0 Å². The molecule has 0 amide bonds. The molecule has 0 aromatic heterocycles. The zero-order valence-electron chi connectivity index (χ0n) is 10.2. The molecule has 0 aliphatic carbocycles. The molecule has 7 heteroatoms. The van der Waals surface area contributed by atoms with Gasteiger partial charge in [-0.25, -0.2) is 4.39 Å². The van der Waals surface area contributed by atoms with Crippen molar-refractivity contribution in [1.29, 1.82) is 0 Å². The Balaban J connectivity index is 2.62. The van der Waals surface area contributed by atoms with Crippen LogP contribution in [0.3, 0.4) is 0 Å². The number of rotatable bonds is 5. The summed E-state index contributed by atoms with van der Waals surface area (Å²) in [5.74, 6) is -1.73. The number of nitrogens with zero attached hydrogens (tertiary/aromatic N) is 1. The Morgan fingerprint density at radius 1 is 1.37 bits per heavy atom. The van der Waals surface area contributed by atoms with Crippen LogP contribution in [0.15, 0.2) is 18.2 Å². The van der Waals surface area contributed by atoms with Crippen molar-refractivity contribution >= 4 is 5.78 Å². The minimum absolute atomic E-state index is 0.237. The lowest BCUT2D eigenvalue weighted by Gasteiger charge is -2.17. The molecule has 106 valence electrons. The highest BCUT2D eigenvalue weighted by molar-refractivity contribution is 5.99. The van der Waals surface area contributed by atoms with Crippen LogP contribution in [0.2, 0.25) is 0 Å². The number of benzene rings is 1. The number of carbonyl (C=O) groups is 1. The third-order valence-electron chi connectivity index (χ3n) is 2.45. The van der Waals surface area contributed by atoms with Gasteiger partial charge in [0.25, 0.3) is 0 Å². The topological polar surface area (TPSA) is 40.5 Å². The summed E-state index contributed by atoms with van der Waals surface area (Å²) in [5, 5.41) is 9.39. The maximum atomic E-state index is 12.9. The normalized spacial score (nSPS) is 11.9. The fourth-order valence-corrected chi connectivity index (χ4v) is 1.46. The van der Waals surface area contributed by atoms with Gasteiger partial charge in [0.2, 0.25) is 0 Å². The summed E-state index contributed by atoms with van der Waals surface area (Å²) in [6, 6.07) is 2.87. The second kappa shape index (κ2) is 6.01. The first kappa shape index (κ1) is 15.4. The number of ketones is 1. The van der Waals surface area contributed by atoms with Crippen molar-refractivity contribution in [3.05, 3.63) is 29.6 Å². The molecule has 0 saturated carbocycles. The lowest BCUT2D eigenvalue weighted by molar-refractivity contribution is -0.137. The number of halogens is 4.